The van der Waals surface area contributed by atoms with Crippen LogP contribution in [0.5, 0.6) is 0 Å². The summed E-state index contributed by atoms with van der Waals surface area (Å²) in [6.07, 6.45) is 0. The van der Waals surface area contributed by atoms with Crippen LogP contribution in [0.25, 0.3) is 0 Å². The highest BCUT2D eigenvalue weighted by molar-refractivity contribution is 5.81. The number of hydrogen-bond acceptors (Lipinski definition) is 3. The van der Waals surface area contributed by atoms with Crippen LogP contribution in [-0.2, 0) is 4.79 Å². The van der Waals surface area contributed by atoms with Gasteiger partial charge in [0.2, 0.25) is 5.91 Å². The van der Waals surface area contributed by atoms with Gasteiger partial charge >= 0.3 is 0 Å². The predicted molar refractivity (Wildman–Crippen MR) is 72.2 cm³/mol. The second kappa shape index (κ2) is 5.50. The maximum absolute atomic E-state index is 11.7. The minimum absolute atomic E-state index is 0.261. The van der Waals surface area contributed by atoms with Gasteiger partial charge in [-0.25, -0.2) is 0 Å². The van der Waals surface area contributed by atoms with E-state index < -0.39 is 0 Å². The molecule has 1 saturated heterocycles. The number of primary amides is 1. The van der Waals surface area contributed by atoms with Crippen molar-refractivity contribution in [1.29, 1.82) is 0 Å². The van der Waals surface area contributed by atoms with Crippen molar-refractivity contribution in [1.82, 2.24) is 9.80 Å². The fourth-order valence-corrected chi connectivity index (χ4v) is 2.38. The number of aryl methyl sites for hydroxylation is 1. The van der Waals surface area contributed by atoms with E-state index in [2.05, 4.69) is 16.8 Å². The molecule has 18 heavy (non-hydrogen) atoms. The van der Waals surface area contributed by atoms with Crippen molar-refractivity contribution in [2.75, 3.05) is 33.2 Å². The van der Waals surface area contributed by atoms with Gasteiger partial charge in [0.05, 0.1) is 0 Å². The molecule has 0 radical (unpaired) electrons. The number of piperazine rings is 1. The van der Waals surface area contributed by atoms with E-state index in [1.165, 1.54) is 5.56 Å². The molecule has 2 rings (SSSR count). The molecule has 1 aromatic carbocycles. The van der Waals surface area contributed by atoms with Crippen molar-refractivity contribution >= 4 is 5.91 Å². The summed E-state index contributed by atoms with van der Waals surface area (Å²) in [5.41, 5.74) is 7.77. The molecular formula is C14H21N3O. The van der Waals surface area contributed by atoms with Crippen LogP contribution in [0.15, 0.2) is 24.3 Å². The van der Waals surface area contributed by atoms with Crippen molar-refractivity contribution in [3.05, 3.63) is 35.4 Å². The molecule has 0 aromatic heterocycles. The van der Waals surface area contributed by atoms with E-state index in [1.54, 1.807) is 0 Å². The monoisotopic (exact) mass is 247 g/mol. The maximum atomic E-state index is 11.7. The molecule has 0 aliphatic carbocycles. The molecule has 1 atom stereocenters. The van der Waals surface area contributed by atoms with Crippen molar-refractivity contribution < 1.29 is 4.79 Å². The van der Waals surface area contributed by atoms with E-state index in [9.17, 15) is 4.79 Å². The minimum Gasteiger partial charge on any atom is -0.368 e. The number of nitrogens with two attached hydrogens (primary N) is 1. The standard InChI is InChI=1S/C14H21N3O/c1-11-3-5-12(6-4-11)13(14(15)18)17-9-7-16(2)8-10-17/h3-6,13H,7-10H2,1-2H3,(H2,15,18). The Balaban J connectivity index is 2.18. The smallest absolute Gasteiger partial charge is 0.239 e. The topological polar surface area (TPSA) is 49.6 Å². The van der Waals surface area contributed by atoms with Crippen LogP contribution >= 0.6 is 0 Å². The molecule has 1 aliphatic rings. The van der Waals surface area contributed by atoms with Gasteiger partial charge < -0.3 is 10.6 Å². The van der Waals surface area contributed by atoms with Crippen molar-refractivity contribution in [2.24, 2.45) is 5.73 Å². The summed E-state index contributed by atoms with van der Waals surface area (Å²) in [6, 6.07) is 7.77. The number of benzene rings is 1. The maximum Gasteiger partial charge on any atom is 0.239 e. The lowest BCUT2D eigenvalue weighted by Gasteiger charge is -2.36. The Morgan fingerprint density at radius 2 is 1.72 bits per heavy atom. The lowest BCUT2D eigenvalue weighted by Crippen LogP contribution is -2.49. The molecule has 1 fully saturated rings. The largest absolute Gasteiger partial charge is 0.368 e. The average Bonchev–Trinajstić information content (AvgIpc) is 2.34. The van der Waals surface area contributed by atoms with E-state index >= 15 is 0 Å². The summed E-state index contributed by atoms with van der Waals surface area (Å²) < 4.78 is 0. The van der Waals surface area contributed by atoms with Crippen LogP contribution in [-0.4, -0.2) is 48.9 Å². The third-order valence-electron chi connectivity index (χ3n) is 3.57. The molecule has 4 nitrogen and oxygen atoms in total. The second-order valence-electron chi connectivity index (χ2n) is 5.05. The Morgan fingerprint density at radius 1 is 1.17 bits per heavy atom. The van der Waals surface area contributed by atoms with Crippen molar-refractivity contribution in [3.63, 3.8) is 0 Å². The van der Waals surface area contributed by atoms with Gasteiger partial charge in [0, 0.05) is 26.2 Å². The zero-order valence-electron chi connectivity index (χ0n) is 11.1. The Kier molecular flexibility index (Phi) is 3.99. The molecule has 0 spiro atoms. The first kappa shape index (κ1) is 13.1. The number of rotatable bonds is 3. The van der Waals surface area contributed by atoms with Crippen LogP contribution < -0.4 is 5.73 Å². The number of carbonyl (C=O) groups excluding carboxylic acids is 1. The molecule has 1 amide bonds. The molecule has 1 aromatic rings. The second-order valence-corrected chi connectivity index (χ2v) is 5.05. The zero-order chi connectivity index (χ0) is 13.1. The third-order valence-corrected chi connectivity index (χ3v) is 3.57. The first-order valence-electron chi connectivity index (χ1n) is 6.36. The first-order valence-corrected chi connectivity index (χ1v) is 6.36. The average molecular weight is 247 g/mol. The summed E-state index contributed by atoms with van der Waals surface area (Å²) in [7, 11) is 2.10. The summed E-state index contributed by atoms with van der Waals surface area (Å²) in [5, 5.41) is 0. The van der Waals surface area contributed by atoms with Gasteiger partial charge in [-0.05, 0) is 19.5 Å². The van der Waals surface area contributed by atoms with E-state index in [0.29, 0.717) is 0 Å². The van der Waals surface area contributed by atoms with Crippen LogP contribution in [0.3, 0.4) is 0 Å². The van der Waals surface area contributed by atoms with Gasteiger partial charge in [-0.1, -0.05) is 29.8 Å². The molecule has 98 valence electrons. The SMILES string of the molecule is Cc1ccc(C(C(N)=O)N2CCN(C)CC2)cc1. The normalized spacial score (nSPS) is 19.7. The number of amides is 1. The van der Waals surface area contributed by atoms with Crippen LogP contribution in [0.1, 0.15) is 17.2 Å². The highest BCUT2D eigenvalue weighted by atomic mass is 16.1. The zero-order valence-corrected chi connectivity index (χ0v) is 11.1. The van der Waals surface area contributed by atoms with Gasteiger partial charge in [-0.15, -0.1) is 0 Å². The summed E-state index contributed by atoms with van der Waals surface area (Å²) in [6.45, 7) is 5.78. The lowest BCUT2D eigenvalue weighted by molar-refractivity contribution is -0.124. The van der Waals surface area contributed by atoms with Crippen molar-refractivity contribution in [3.8, 4) is 0 Å². The molecule has 1 heterocycles. The molecule has 1 unspecified atom stereocenters. The Hall–Kier alpha value is -1.39. The lowest BCUT2D eigenvalue weighted by atomic mass is 10.0. The van der Waals surface area contributed by atoms with Crippen LogP contribution in [0, 0.1) is 6.92 Å². The Bertz CT molecular complexity index is 408. The first-order chi connectivity index (χ1) is 8.58. The number of carbonyl (C=O) groups is 1. The summed E-state index contributed by atoms with van der Waals surface area (Å²) in [4.78, 5) is 16.2. The molecule has 1 aliphatic heterocycles. The van der Waals surface area contributed by atoms with Gasteiger partial charge in [0.25, 0.3) is 0 Å². The van der Waals surface area contributed by atoms with Gasteiger partial charge in [-0.2, -0.15) is 0 Å². The van der Waals surface area contributed by atoms with Crippen LogP contribution in [0.2, 0.25) is 0 Å². The Labute approximate surface area is 108 Å². The highest BCUT2D eigenvalue weighted by Gasteiger charge is 2.27. The number of hydrogen-bond donors (Lipinski definition) is 1. The summed E-state index contributed by atoms with van der Waals surface area (Å²) in [5.74, 6) is -0.261. The Morgan fingerprint density at radius 3 is 2.22 bits per heavy atom. The van der Waals surface area contributed by atoms with Gasteiger partial charge in [-0.3, -0.25) is 9.69 Å². The molecule has 2 N–H and O–H groups in total. The van der Waals surface area contributed by atoms with E-state index in [4.69, 9.17) is 5.73 Å². The molecular weight excluding hydrogens is 226 g/mol. The fraction of sp³-hybridized carbons (Fsp3) is 0.500. The number of nitrogens with zero attached hydrogens (tertiary/aromatic N) is 2. The van der Waals surface area contributed by atoms with Crippen LogP contribution in [0.4, 0.5) is 0 Å². The molecule has 0 saturated carbocycles. The van der Waals surface area contributed by atoms with Crippen molar-refractivity contribution in [2.45, 2.75) is 13.0 Å². The quantitative estimate of drug-likeness (QED) is 0.858. The highest BCUT2D eigenvalue weighted by Crippen LogP contribution is 2.22. The minimum atomic E-state index is -0.292. The van der Waals surface area contributed by atoms with Gasteiger partial charge in [0.1, 0.15) is 6.04 Å². The number of likely N-dealkylation sites (N-methyl/N-ethyl adjacent to an activating group) is 1. The van der Waals surface area contributed by atoms with E-state index in [1.807, 2.05) is 31.2 Å². The summed E-state index contributed by atoms with van der Waals surface area (Å²) >= 11 is 0. The van der Waals surface area contributed by atoms with E-state index in [-0.39, 0.29) is 11.9 Å². The third kappa shape index (κ3) is 2.89. The van der Waals surface area contributed by atoms with Gasteiger partial charge in [0.15, 0.2) is 0 Å². The predicted octanol–water partition coefficient (Wildman–Crippen LogP) is 0.769. The fourth-order valence-electron chi connectivity index (χ4n) is 2.38. The van der Waals surface area contributed by atoms with E-state index in [0.717, 1.165) is 31.7 Å². The molecule has 0 bridgehead atoms. The molecule has 4 heteroatoms.